The van der Waals surface area contributed by atoms with Gasteiger partial charge in [-0.1, -0.05) is 12.1 Å². The molecule has 116 valence electrons. The highest BCUT2D eigenvalue weighted by atomic mass is 31.0. The number of allylic oxidation sites excluding steroid dienone is 1. The molecule has 2 heterocycles. The van der Waals surface area contributed by atoms with Gasteiger partial charge in [0.2, 0.25) is 5.91 Å². The van der Waals surface area contributed by atoms with E-state index in [4.69, 9.17) is 0 Å². The van der Waals surface area contributed by atoms with Crippen LogP contribution in [-0.2, 0) is 9.59 Å². The number of anilines is 1. The summed E-state index contributed by atoms with van der Waals surface area (Å²) in [6.07, 6.45) is 4.99. The zero-order chi connectivity index (χ0) is 16.8. The van der Waals surface area contributed by atoms with Crippen molar-refractivity contribution >= 4 is 26.7 Å². The summed E-state index contributed by atoms with van der Waals surface area (Å²) in [6, 6.07) is 7.29. The number of carbonyl (C=O) groups is 2. The predicted octanol–water partition coefficient (Wildman–Crippen LogP) is 2.03. The lowest BCUT2D eigenvalue weighted by atomic mass is 9.66. The lowest BCUT2D eigenvalue weighted by molar-refractivity contribution is -0.123. The van der Waals surface area contributed by atoms with Crippen molar-refractivity contribution in [3.63, 3.8) is 0 Å². The first-order chi connectivity index (χ1) is 10.8. The number of fused-ring (bicyclic) bond motifs is 1. The molecule has 0 saturated heterocycles. The van der Waals surface area contributed by atoms with E-state index >= 15 is 0 Å². The van der Waals surface area contributed by atoms with Gasteiger partial charge in [0, 0.05) is 12.7 Å². The Balaban J connectivity index is 2.17. The fourth-order valence-electron chi connectivity index (χ4n) is 3.23. The summed E-state index contributed by atoms with van der Waals surface area (Å²) in [5.74, 6) is 0.103. The van der Waals surface area contributed by atoms with Gasteiger partial charge in [-0.2, -0.15) is 5.26 Å². The van der Waals surface area contributed by atoms with Gasteiger partial charge in [-0.25, -0.2) is 4.98 Å². The van der Waals surface area contributed by atoms with E-state index in [9.17, 15) is 14.9 Å². The van der Waals surface area contributed by atoms with Crippen LogP contribution in [0.25, 0.3) is 0 Å². The van der Waals surface area contributed by atoms with E-state index in [1.165, 1.54) is 6.08 Å². The smallest absolute Gasteiger partial charge is 0.246 e. The molecule has 0 bridgehead atoms. The van der Waals surface area contributed by atoms with Crippen LogP contribution in [0.4, 0.5) is 5.82 Å². The van der Waals surface area contributed by atoms with Gasteiger partial charge in [0.1, 0.15) is 17.0 Å². The Morgan fingerprint density at radius 1 is 1.35 bits per heavy atom. The minimum atomic E-state index is -1.09. The molecule has 0 radical (unpaired) electrons. The molecule has 1 aromatic rings. The molecular formula is C17H16N3O2P. The Labute approximate surface area is 136 Å². The summed E-state index contributed by atoms with van der Waals surface area (Å²) in [5.41, 5.74) is -0.137. The summed E-state index contributed by atoms with van der Waals surface area (Å²) in [4.78, 5) is 31.3. The van der Waals surface area contributed by atoms with Crippen LogP contribution in [0.2, 0.25) is 0 Å². The third-order valence-electron chi connectivity index (χ3n) is 4.43. The zero-order valence-electron chi connectivity index (χ0n) is 12.9. The number of hydrogen-bond donors (Lipinski definition) is 0. The summed E-state index contributed by atoms with van der Waals surface area (Å²) < 4.78 is 0. The number of rotatable bonds is 1. The largest absolute Gasteiger partial charge is 0.292 e. The monoisotopic (exact) mass is 325 g/mol. The molecule has 3 rings (SSSR count). The third kappa shape index (κ3) is 2.14. The van der Waals surface area contributed by atoms with E-state index in [1.807, 2.05) is 18.2 Å². The van der Waals surface area contributed by atoms with E-state index in [-0.39, 0.29) is 17.3 Å². The van der Waals surface area contributed by atoms with Crippen molar-refractivity contribution < 1.29 is 9.59 Å². The van der Waals surface area contributed by atoms with Gasteiger partial charge in [-0.15, -0.1) is 9.24 Å². The maximum Gasteiger partial charge on any atom is 0.246 e. The molecule has 1 amide bonds. The van der Waals surface area contributed by atoms with Crippen molar-refractivity contribution in [2.75, 3.05) is 11.4 Å². The summed E-state index contributed by atoms with van der Waals surface area (Å²) >= 11 is 0. The molecule has 2 aliphatic rings. The SMILES string of the molecule is CC1(C)C(=O)C(C#N)=C[C@@]2(P)C(=O)N(c3ccccn3)CC=C12. The topological polar surface area (TPSA) is 74.1 Å². The predicted molar refractivity (Wildman–Crippen MR) is 89.6 cm³/mol. The molecule has 2 atom stereocenters. The molecule has 0 spiro atoms. The Hall–Kier alpha value is -2.31. The summed E-state index contributed by atoms with van der Waals surface area (Å²) in [7, 11) is 2.53. The van der Waals surface area contributed by atoms with Gasteiger partial charge in [0.15, 0.2) is 5.78 Å². The molecule has 1 aliphatic heterocycles. The van der Waals surface area contributed by atoms with Crippen molar-refractivity contribution in [1.82, 2.24) is 4.98 Å². The fourth-order valence-corrected chi connectivity index (χ4v) is 4.03. The molecule has 0 saturated carbocycles. The zero-order valence-corrected chi connectivity index (χ0v) is 14.1. The molecule has 0 fully saturated rings. The first kappa shape index (κ1) is 15.6. The third-order valence-corrected chi connectivity index (χ3v) is 5.15. The quantitative estimate of drug-likeness (QED) is 0.585. The second-order valence-corrected chi connectivity index (χ2v) is 7.13. The summed E-state index contributed by atoms with van der Waals surface area (Å²) in [6.45, 7) is 3.87. The van der Waals surface area contributed by atoms with E-state index in [0.29, 0.717) is 12.4 Å². The highest BCUT2D eigenvalue weighted by Crippen LogP contribution is 2.50. The van der Waals surface area contributed by atoms with Crippen LogP contribution in [0.15, 0.2) is 47.7 Å². The fraction of sp³-hybridized carbons (Fsp3) is 0.294. The van der Waals surface area contributed by atoms with Crippen LogP contribution in [-0.4, -0.2) is 28.4 Å². The van der Waals surface area contributed by atoms with Crippen molar-refractivity contribution in [1.29, 1.82) is 5.26 Å². The second-order valence-electron chi connectivity index (χ2n) is 6.21. The van der Waals surface area contributed by atoms with Crippen LogP contribution in [0, 0.1) is 16.7 Å². The van der Waals surface area contributed by atoms with Gasteiger partial charge >= 0.3 is 0 Å². The lowest BCUT2D eigenvalue weighted by Crippen LogP contribution is -2.55. The number of carbonyl (C=O) groups excluding carboxylic acids is 2. The van der Waals surface area contributed by atoms with E-state index in [2.05, 4.69) is 14.2 Å². The number of amides is 1. The highest BCUT2D eigenvalue weighted by Gasteiger charge is 2.53. The van der Waals surface area contributed by atoms with Gasteiger partial charge < -0.3 is 0 Å². The van der Waals surface area contributed by atoms with E-state index in [1.54, 1.807) is 37.1 Å². The van der Waals surface area contributed by atoms with Crippen LogP contribution < -0.4 is 4.90 Å². The van der Waals surface area contributed by atoms with Crippen LogP contribution in [0.3, 0.4) is 0 Å². The number of ketones is 1. The number of nitrogens with zero attached hydrogens (tertiary/aromatic N) is 3. The molecule has 1 aromatic heterocycles. The Morgan fingerprint density at radius 2 is 2.09 bits per heavy atom. The number of hydrogen-bond acceptors (Lipinski definition) is 4. The van der Waals surface area contributed by atoms with Gasteiger partial charge in [0.25, 0.3) is 0 Å². The van der Waals surface area contributed by atoms with Crippen LogP contribution >= 0.6 is 9.24 Å². The maximum atomic E-state index is 13.1. The molecule has 1 aliphatic carbocycles. The highest BCUT2D eigenvalue weighted by molar-refractivity contribution is 7.22. The van der Waals surface area contributed by atoms with Crippen molar-refractivity contribution in [2.24, 2.45) is 5.41 Å². The number of pyridine rings is 1. The normalized spacial score (nSPS) is 26.1. The number of Topliss-reactive ketones (excluding diaryl/α,β-unsaturated/α-hetero) is 1. The van der Waals surface area contributed by atoms with Gasteiger partial charge in [-0.05, 0) is 37.6 Å². The van der Waals surface area contributed by atoms with Crippen molar-refractivity contribution in [3.8, 4) is 6.07 Å². The van der Waals surface area contributed by atoms with E-state index in [0.717, 1.165) is 5.57 Å². The summed E-state index contributed by atoms with van der Waals surface area (Å²) in [5, 5.41) is 8.18. The first-order valence-corrected chi connectivity index (χ1v) is 7.81. The number of nitriles is 1. The molecule has 1 unspecified atom stereocenters. The van der Waals surface area contributed by atoms with Crippen molar-refractivity contribution in [3.05, 3.63) is 47.7 Å². The van der Waals surface area contributed by atoms with Crippen LogP contribution in [0.5, 0.6) is 0 Å². The molecule has 23 heavy (non-hydrogen) atoms. The van der Waals surface area contributed by atoms with Gasteiger partial charge in [0.05, 0.1) is 11.0 Å². The first-order valence-electron chi connectivity index (χ1n) is 7.23. The minimum absolute atomic E-state index is 0.0263. The Kier molecular flexibility index (Phi) is 3.46. The molecule has 0 N–H and O–H groups in total. The van der Waals surface area contributed by atoms with E-state index < -0.39 is 10.6 Å². The lowest BCUT2D eigenvalue weighted by Gasteiger charge is -2.45. The average molecular weight is 325 g/mol. The molecular weight excluding hydrogens is 309 g/mol. The van der Waals surface area contributed by atoms with Crippen LogP contribution in [0.1, 0.15) is 13.8 Å². The van der Waals surface area contributed by atoms with Gasteiger partial charge in [-0.3, -0.25) is 14.5 Å². The number of aromatic nitrogens is 1. The standard InChI is InChI=1S/C17H16N3O2P/c1-16(2)12-6-8-20(13-5-3-4-7-19-13)15(22)17(12,23)9-11(10-18)14(16)21/h3-7,9H,8,23H2,1-2H3/t17-/m0/s1. The Bertz CT molecular complexity index is 805. The molecule has 0 aromatic carbocycles. The van der Waals surface area contributed by atoms with Crippen molar-refractivity contribution in [2.45, 2.75) is 19.0 Å². The average Bonchev–Trinajstić information content (AvgIpc) is 2.54. The second kappa shape index (κ2) is 5.11. The minimum Gasteiger partial charge on any atom is -0.292 e. The molecule has 6 heteroatoms. The maximum absolute atomic E-state index is 13.1. The Morgan fingerprint density at radius 3 is 2.70 bits per heavy atom. The molecule has 5 nitrogen and oxygen atoms in total.